The van der Waals surface area contributed by atoms with Gasteiger partial charge in [-0.15, -0.1) is 0 Å². The van der Waals surface area contributed by atoms with Crippen molar-refractivity contribution in [2.75, 3.05) is 0 Å². The van der Waals surface area contributed by atoms with Gasteiger partial charge in [-0.25, -0.2) is 0 Å². The van der Waals surface area contributed by atoms with Crippen LogP contribution in [-0.4, -0.2) is 0 Å². The number of hydrogen-bond acceptors (Lipinski definition) is 0. The van der Waals surface area contributed by atoms with Gasteiger partial charge in [-0.2, -0.15) is 0 Å². The van der Waals surface area contributed by atoms with E-state index < -0.39 is 0 Å². The van der Waals surface area contributed by atoms with E-state index in [4.69, 9.17) is 0 Å². The molecule has 0 radical (unpaired) electrons. The summed E-state index contributed by atoms with van der Waals surface area (Å²) in [5, 5.41) is 0. The Labute approximate surface area is 193 Å². The smallest absolute Gasteiger partial charge is 0.0354 e. The molecule has 0 rings (SSSR count). The van der Waals surface area contributed by atoms with Gasteiger partial charge in [0.25, 0.3) is 0 Å². The predicted octanol–water partition coefficient (Wildman–Crippen LogP) is 11.5. The van der Waals surface area contributed by atoms with E-state index in [1.54, 1.807) is 0 Å². The second-order valence-corrected chi connectivity index (χ2v) is 12.6. The Morgan fingerprint density at radius 1 is 0.467 bits per heavy atom. The van der Waals surface area contributed by atoms with Gasteiger partial charge in [0.15, 0.2) is 0 Å². The highest BCUT2D eigenvalue weighted by atomic mass is 14.2. The molecule has 1 unspecified atom stereocenters. The predicted molar refractivity (Wildman–Crippen MR) is 140 cm³/mol. The summed E-state index contributed by atoms with van der Waals surface area (Å²) in [6, 6.07) is 0. The highest BCUT2D eigenvalue weighted by Gasteiger charge is 2.16. The first kappa shape index (κ1) is 30.0. The van der Waals surface area contributed by atoms with Crippen molar-refractivity contribution in [1.82, 2.24) is 0 Å². The van der Waals surface area contributed by atoms with Gasteiger partial charge >= 0.3 is 0 Å². The average Bonchev–Trinajstić information content (AvgIpc) is 2.65. The fourth-order valence-electron chi connectivity index (χ4n) is 4.79. The molecule has 0 aromatic heterocycles. The minimum absolute atomic E-state index is 0.514. The van der Waals surface area contributed by atoms with E-state index in [0.29, 0.717) is 10.8 Å². The Hall–Kier alpha value is 0. The first-order chi connectivity index (χ1) is 14.2. The monoisotopic (exact) mass is 422 g/mol. The van der Waals surface area contributed by atoms with E-state index in [0.717, 1.165) is 5.92 Å². The van der Waals surface area contributed by atoms with Crippen LogP contribution in [0.15, 0.2) is 0 Å². The van der Waals surface area contributed by atoms with Gasteiger partial charge in [0.1, 0.15) is 0 Å². The molecule has 0 aliphatic carbocycles. The molecule has 0 saturated carbocycles. The fourth-order valence-corrected chi connectivity index (χ4v) is 4.79. The van der Waals surface area contributed by atoms with Crippen LogP contribution in [0.2, 0.25) is 0 Å². The van der Waals surface area contributed by atoms with Crippen LogP contribution in [-0.2, 0) is 0 Å². The fraction of sp³-hybridized carbons (Fsp3) is 1.00. The summed E-state index contributed by atoms with van der Waals surface area (Å²) in [5.74, 6) is 0.931. The van der Waals surface area contributed by atoms with Crippen molar-refractivity contribution in [2.24, 2.45) is 16.7 Å². The third-order valence-corrected chi connectivity index (χ3v) is 7.13. The quantitative estimate of drug-likeness (QED) is 0.161. The highest BCUT2D eigenvalue weighted by Crippen LogP contribution is 2.31. The summed E-state index contributed by atoms with van der Waals surface area (Å²) in [6.45, 7) is 16.9. The molecule has 0 spiro atoms. The van der Waals surface area contributed by atoms with Crippen LogP contribution >= 0.6 is 0 Å². The van der Waals surface area contributed by atoms with Gasteiger partial charge < -0.3 is 0 Å². The molecule has 0 heteroatoms. The van der Waals surface area contributed by atoms with Crippen molar-refractivity contribution in [3.63, 3.8) is 0 Å². The summed E-state index contributed by atoms with van der Waals surface area (Å²) >= 11 is 0. The van der Waals surface area contributed by atoms with Crippen molar-refractivity contribution < 1.29 is 0 Å². The zero-order chi connectivity index (χ0) is 22.7. The van der Waals surface area contributed by atoms with Gasteiger partial charge in [0.05, 0.1) is 0 Å². The largest absolute Gasteiger partial charge is 0.0654 e. The lowest BCUT2D eigenvalue weighted by Gasteiger charge is -2.24. The number of unbranched alkanes of at least 4 members (excludes halogenated alkanes) is 12. The maximum Gasteiger partial charge on any atom is -0.0354 e. The first-order valence-electron chi connectivity index (χ1n) is 14.2. The second-order valence-electron chi connectivity index (χ2n) is 12.6. The number of rotatable bonds is 21. The van der Waals surface area contributed by atoms with Crippen molar-refractivity contribution >= 4 is 0 Å². The summed E-state index contributed by atoms with van der Waals surface area (Å²) in [4.78, 5) is 0. The molecule has 30 heavy (non-hydrogen) atoms. The van der Waals surface area contributed by atoms with E-state index in [-0.39, 0.29) is 0 Å². The molecule has 0 fully saturated rings. The minimum atomic E-state index is 0.514. The normalized spacial score (nSPS) is 13.7. The summed E-state index contributed by atoms with van der Waals surface area (Å²) < 4.78 is 0. The summed E-state index contributed by atoms with van der Waals surface area (Å²) in [6.07, 6.45) is 28.9. The first-order valence-corrected chi connectivity index (χ1v) is 14.2. The zero-order valence-electron chi connectivity index (χ0n) is 22.7. The molecular formula is C30H62. The van der Waals surface area contributed by atoms with Crippen LogP contribution in [0.3, 0.4) is 0 Å². The van der Waals surface area contributed by atoms with Crippen LogP contribution in [0.1, 0.15) is 177 Å². The maximum atomic E-state index is 2.51. The Morgan fingerprint density at radius 2 is 0.867 bits per heavy atom. The van der Waals surface area contributed by atoms with E-state index >= 15 is 0 Å². The van der Waals surface area contributed by atoms with Gasteiger partial charge in [-0.3, -0.25) is 0 Å². The SMILES string of the molecule is CCCCCCCCCCCCC(C)(C)CCCCCCC(C)CCCC(C)(C)C. The standard InChI is InChI=1S/C30H62/c1-8-9-10-11-12-13-14-15-17-20-26-30(6,7)27-21-18-16-19-23-28(2)24-22-25-29(3,4)5/h28H,8-27H2,1-7H3. The van der Waals surface area contributed by atoms with Crippen LogP contribution in [0.4, 0.5) is 0 Å². The molecule has 0 amide bonds. The molecule has 0 aliphatic rings. The minimum Gasteiger partial charge on any atom is -0.0654 e. The third-order valence-electron chi connectivity index (χ3n) is 7.13. The molecule has 1 atom stereocenters. The van der Waals surface area contributed by atoms with Gasteiger partial charge in [0, 0.05) is 0 Å². The second kappa shape index (κ2) is 18.6. The highest BCUT2D eigenvalue weighted by molar-refractivity contribution is 4.69. The summed E-state index contributed by atoms with van der Waals surface area (Å²) in [5.41, 5.74) is 1.08. The Morgan fingerprint density at radius 3 is 1.33 bits per heavy atom. The van der Waals surface area contributed by atoms with Crippen LogP contribution in [0.25, 0.3) is 0 Å². The maximum absolute atomic E-state index is 2.51. The molecule has 182 valence electrons. The Bertz CT molecular complexity index is 346. The van der Waals surface area contributed by atoms with Crippen molar-refractivity contribution in [1.29, 1.82) is 0 Å². The van der Waals surface area contributed by atoms with Crippen molar-refractivity contribution in [3.05, 3.63) is 0 Å². The van der Waals surface area contributed by atoms with Gasteiger partial charge in [-0.1, -0.05) is 158 Å². The molecule has 0 aromatic carbocycles. The number of hydrogen-bond donors (Lipinski definition) is 0. The molecule has 0 N–H and O–H groups in total. The molecule has 0 aliphatic heterocycles. The van der Waals surface area contributed by atoms with Gasteiger partial charge in [-0.05, 0) is 36.0 Å². The lowest BCUT2D eigenvalue weighted by Crippen LogP contribution is -2.11. The molecular weight excluding hydrogens is 360 g/mol. The van der Waals surface area contributed by atoms with E-state index in [2.05, 4.69) is 48.5 Å². The molecule has 0 bridgehead atoms. The van der Waals surface area contributed by atoms with E-state index in [1.807, 2.05) is 0 Å². The van der Waals surface area contributed by atoms with Crippen LogP contribution in [0.5, 0.6) is 0 Å². The van der Waals surface area contributed by atoms with Crippen molar-refractivity contribution in [2.45, 2.75) is 177 Å². The van der Waals surface area contributed by atoms with Crippen molar-refractivity contribution in [3.8, 4) is 0 Å². The molecule has 0 saturated heterocycles. The third kappa shape index (κ3) is 22.7. The zero-order valence-corrected chi connectivity index (χ0v) is 22.7. The van der Waals surface area contributed by atoms with Crippen LogP contribution in [0, 0.1) is 16.7 Å². The topological polar surface area (TPSA) is 0 Å². The van der Waals surface area contributed by atoms with E-state index in [9.17, 15) is 0 Å². The van der Waals surface area contributed by atoms with Gasteiger partial charge in [0.2, 0.25) is 0 Å². The lowest BCUT2D eigenvalue weighted by molar-refractivity contribution is 0.281. The average molecular weight is 423 g/mol. The van der Waals surface area contributed by atoms with E-state index in [1.165, 1.54) is 128 Å². The Balaban J connectivity index is 3.48. The summed E-state index contributed by atoms with van der Waals surface area (Å²) in [7, 11) is 0. The molecule has 0 nitrogen and oxygen atoms in total. The molecule has 0 aromatic rings. The molecule has 0 heterocycles. The van der Waals surface area contributed by atoms with Crippen LogP contribution < -0.4 is 0 Å². The Kier molecular flexibility index (Phi) is 18.6. The lowest BCUT2D eigenvalue weighted by atomic mass is 9.81.